The van der Waals surface area contributed by atoms with Gasteiger partial charge in [0.2, 0.25) is 0 Å². The van der Waals surface area contributed by atoms with E-state index in [1.807, 2.05) is 13.8 Å². The fourth-order valence-electron chi connectivity index (χ4n) is 0.898. The van der Waals surface area contributed by atoms with E-state index in [0.717, 1.165) is 0 Å². The lowest BCUT2D eigenvalue weighted by Crippen LogP contribution is -2.49. The van der Waals surface area contributed by atoms with Gasteiger partial charge in [0.25, 0.3) is 0 Å². The van der Waals surface area contributed by atoms with E-state index in [9.17, 15) is 8.78 Å². The lowest BCUT2D eigenvalue weighted by molar-refractivity contribution is 0.00150. The summed E-state index contributed by atoms with van der Waals surface area (Å²) < 4.78 is 27.6. The predicted molar refractivity (Wildman–Crippen MR) is 69.0 cm³/mol. The normalized spacial score (nSPS) is 16.2. The summed E-state index contributed by atoms with van der Waals surface area (Å²) in [5.41, 5.74) is 2.12. The van der Waals surface area contributed by atoms with Gasteiger partial charge in [0, 0.05) is 16.8 Å². The van der Waals surface area contributed by atoms with Gasteiger partial charge in [-0.15, -0.1) is 0 Å². The van der Waals surface area contributed by atoms with Crippen molar-refractivity contribution in [3.8, 4) is 0 Å². The molecule has 2 nitrogen and oxygen atoms in total. The zero-order chi connectivity index (χ0) is 14.1. The first-order chi connectivity index (χ1) is 7.32. The van der Waals surface area contributed by atoms with Gasteiger partial charge in [0.05, 0.1) is 6.54 Å². The average molecular weight is 246 g/mol. The van der Waals surface area contributed by atoms with Crippen LogP contribution >= 0.6 is 0 Å². The summed E-state index contributed by atoms with van der Waals surface area (Å²) in [4.78, 5) is 0. The maximum absolute atomic E-state index is 14.0. The van der Waals surface area contributed by atoms with Crippen LogP contribution in [0.25, 0.3) is 0 Å². The molecule has 0 fully saturated rings. The molecule has 4 heteroatoms. The van der Waals surface area contributed by atoms with Crippen LogP contribution in [0.2, 0.25) is 0 Å². The van der Waals surface area contributed by atoms with Crippen LogP contribution in [0, 0.1) is 5.41 Å². The molecule has 17 heavy (non-hydrogen) atoms. The molecule has 0 aliphatic heterocycles. The molecule has 0 rings (SSSR count). The second-order valence-corrected chi connectivity index (χ2v) is 5.65. The maximum atomic E-state index is 14.0. The van der Waals surface area contributed by atoms with Gasteiger partial charge in [-0.2, -0.15) is 0 Å². The summed E-state index contributed by atoms with van der Waals surface area (Å²) in [7, 11) is 0. The van der Waals surface area contributed by atoms with Crippen molar-refractivity contribution in [2.75, 3.05) is 6.54 Å². The van der Waals surface area contributed by atoms with Crippen LogP contribution in [-0.4, -0.2) is 17.9 Å². The molecule has 0 aromatic carbocycles. The predicted octanol–water partition coefficient (Wildman–Crippen LogP) is 3.06. The summed E-state index contributed by atoms with van der Waals surface area (Å²) >= 11 is 0. The number of halogens is 2. The van der Waals surface area contributed by atoms with Crippen LogP contribution < -0.4 is 11.1 Å². The first-order valence-electron chi connectivity index (χ1n) is 5.58. The Morgan fingerprint density at radius 1 is 1.12 bits per heavy atom. The number of nitrogens with two attached hydrogens (primary N) is 1. The minimum absolute atomic E-state index is 0.161. The summed E-state index contributed by atoms with van der Waals surface area (Å²) in [5.74, 6) is 0. The molecule has 0 bridgehead atoms. The van der Waals surface area contributed by atoms with E-state index >= 15 is 0 Å². The molecule has 0 heterocycles. The van der Waals surface area contributed by atoms with E-state index in [1.54, 1.807) is 0 Å². The molecular formula is C13H24F2N2. The zero-order valence-electron chi connectivity index (χ0n) is 11.5. The third kappa shape index (κ3) is 3.72. The highest BCUT2D eigenvalue weighted by Crippen LogP contribution is 2.32. The van der Waals surface area contributed by atoms with Crippen LogP contribution in [0.1, 0.15) is 34.6 Å². The Hall–Kier alpha value is -1.06. The number of hydrogen-bond donors (Lipinski definition) is 2. The Balaban J connectivity index is 4.61. The van der Waals surface area contributed by atoms with E-state index in [0.29, 0.717) is 11.4 Å². The van der Waals surface area contributed by atoms with Crippen molar-refractivity contribution < 1.29 is 8.78 Å². The number of nitrogens with one attached hydrogen (secondary N) is 1. The van der Waals surface area contributed by atoms with Crippen molar-refractivity contribution in [3.05, 3.63) is 24.6 Å². The Labute approximate surface area is 103 Å². The third-order valence-corrected chi connectivity index (χ3v) is 3.43. The van der Waals surface area contributed by atoms with Crippen LogP contribution in [-0.2, 0) is 0 Å². The zero-order valence-corrected chi connectivity index (χ0v) is 11.5. The minimum atomic E-state index is -1.98. The van der Waals surface area contributed by atoms with Gasteiger partial charge in [-0.05, 0) is 34.6 Å². The van der Waals surface area contributed by atoms with Gasteiger partial charge < -0.3 is 11.1 Å². The monoisotopic (exact) mass is 246 g/mol. The van der Waals surface area contributed by atoms with E-state index in [4.69, 9.17) is 5.73 Å². The number of alkyl halides is 2. The van der Waals surface area contributed by atoms with Gasteiger partial charge in [0.15, 0.2) is 5.67 Å². The summed E-state index contributed by atoms with van der Waals surface area (Å²) in [6.07, 6.45) is 0. The third-order valence-electron chi connectivity index (χ3n) is 3.43. The molecule has 0 aliphatic rings. The topological polar surface area (TPSA) is 38.0 Å². The Kier molecular flexibility index (Phi) is 4.38. The number of rotatable bonds is 6. The molecule has 0 radical (unpaired) electrons. The van der Waals surface area contributed by atoms with Gasteiger partial charge in [-0.3, -0.25) is 0 Å². The molecule has 0 aromatic heterocycles. The molecule has 1 atom stereocenters. The highest BCUT2D eigenvalue weighted by Gasteiger charge is 2.42. The Bertz CT molecular complexity index is 312. The van der Waals surface area contributed by atoms with Crippen molar-refractivity contribution in [1.82, 2.24) is 5.32 Å². The molecule has 0 saturated heterocycles. The summed E-state index contributed by atoms with van der Waals surface area (Å²) in [6.45, 7) is 14.6. The highest BCUT2D eigenvalue weighted by atomic mass is 19.2. The van der Waals surface area contributed by atoms with E-state index < -0.39 is 16.8 Å². The molecule has 0 spiro atoms. The van der Waals surface area contributed by atoms with Crippen molar-refractivity contribution in [2.45, 2.75) is 46.0 Å². The quantitative estimate of drug-likeness (QED) is 0.756. The first kappa shape index (κ1) is 15.9. The summed E-state index contributed by atoms with van der Waals surface area (Å²) in [5, 5.41) is 2.80. The molecule has 0 aliphatic carbocycles. The van der Waals surface area contributed by atoms with Crippen molar-refractivity contribution in [2.24, 2.45) is 11.1 Å². The van der Waals surface area contributed by atoms with Crippen molar-refractivity contribution in [1.29, 1.82) is 0 Å². The number of hydrogen-bond acceptors (Lipinski definition) is 2. The van der Waals surface area contributed by atoms with Crippen molar-refractivity contribution >= 4 is 0 Å². The molecule has 0 saturated carbocycles. The largest absolute Gasteiger partial charge is 0.402 e. The SMILES string of the molecule is C=C(N)C(C)(C)C(=C)NCC(C)(F)C(C)(C)F. The van der Waals surface area contributed by atoms with Crippen LogP contribution in [0.5, 0.6) is 0 Å². The van der Waals surface area contributed by atoms with Gasteiger partial charge >= 0.3 is 0 Å². The van der Waals surface area contributed by atoms with Crippen LogP contribution in [0.4, 0.5) is 8.78 Å². The molecule has 0 aromatic rings. The average Bonchev–Trinajstić information content (AvgIpc) is 2.11. The smallest absolute Gasteiger partial charge is 0.158 e. The lowest BCUT2D eigenvalue weighted by Gasteiger charge is -2.34. The van der Waals surface area contributed by atoms with Crippen molar-refractivity contribution in [3.63, 3.8) is 0 Å². The highest BCUT2D eigenvalue weighted by molar-refractivity contribution is 5.20. The molecular weight excluding hydrogens is 222 g/mol. The molecule has 1 unspecified atom stereocenters. The first-order valence-corrected chi connectivity index (χ1v) is 5.58. The maximum Gasteiger partial charge on any atom is 0.158 e. The van der Waals surface area contributed by atoms with Gasteiger partial charge in [-0.25, -0.2) is 8.78 Å². The van der Waals surface area contributed by atoms with E-state index in [-0.39, 0.29) is 6.54 Å². The van der Waals surface area contributed by atoms with Gasteiger partial charge in [0.1, 0.15) is 5.67 Å². The van der Waals surface area contributed by atoms with Gasteiger partial charge in [-0.1, -0.05) is 13.2 Å². The fourth-order valence-corrected chi connectivity index (χ4v) is 0.898. The molecule has 0 amide bonds. The van der Waals surface area contributed by atoms with Crippen LogP contribution in [0.15, 0.2) is 24.6 Å². The lowest BCUT2D eigenvalue weighted by atomic mass is 9.85. The Morgan fingerprint density at radius 2 is 1.53 bits per heavy atom. The Morgan fingerprint density at radius 3 is 1.82 bits per heavy atom. The van der Waals surface area contributed by atoms with E-state index in [1.165, 1.54) is 20.8 Å². The van der Waals surface area contributed by atoms with E-state index in [2.05, 4.69) is 18.5 Å². The van der Waals surface area contributed by atoms with Crippen LogP contribution in [0.3, 0.4) is 0 Å². The second-order valence-electron chi connectivity index (χ2n) is 5.65. The minimum Gasteiger partial charge on any atom is -0.402 e. The standard InChI is InChI=1S/C13H24F2N2/c1-9(16)11(3,4)10(2)17-8-13(7,15)12(5,6)14/h17H,1-2,8,16H2,3-7H3. The molecule has 100 valence electrons. The molecule has 3 N–H and O–H groups in total. The fraction of sp³-hybridized carbons (Fsp3) is 0.692. The summed E-state index contributed by atoms with van der Waals surface area (Å²) in [6, 6.07) is 0. The second kappa shape index (κ2) is 4.67.